The summed E-state index contributed by atoms with van der Waals surface area (Å²) in [5.74, 6) is 0. The molecule has 0 aliphatic carbocycles. The normalized spacial score (nSPS) is 20.7. The zero-order chi connectivity index (χ0) is 18.9. The van der Waals surface area contributed by atoms with E-state index in [4.69, 9.17) is 4.74 Å². The van der Waals surface area contributed by atoms with Crippen molar-refractivity contribution >= 4 is 11.3 Å². The highest BCUT2D eigenvalue weighted by atomic mass is 32.1. The lowest BCUT2D eigenvalue weighted by atomic mass is 9.85. The Morgan fingerprint density at radius 1 is 1.19 bits per heavy atom. The Bertz CT molecular complexity index is 757. The second-order valence-corrected chi connectivity index (χ2v) is 8.62. The van der Waals surface area contributed by atoms with Crippen molar-refractivity contribution in [2.45, 2.75) is 43.8 Å². The van der Waals surface area contributed by atoms with Gasteiger partial charge < -0.3 is 14.7 Å². The molecule has 3 heterocycles. The summed E-state index contributed by atoms with van der Waals surface area (Å²) in [5, 5.41) is 10.5. The summed E-state index contributed by atoms with van der Waals surface area (Å²) in [7, 11) is 0. The van der Waals surface area contributed by atoms with Crippen LogP contribution < -0.4 is 0 Å². The van der Waals surface area contributed by atoms with Gasteiger partial charge in [0.1, 0.15) is 5.60 Å². The van der Waals surface area contributed by atoms with Crippen molar-refractivity contribution in [3.63, 3.8) is 0 Å². The molecule has 6 heteroatoms. The third-order valence-electron chi connectivity index (χ3n) is 5.66. The fourth-order valence-corrected chi connectivity index (χ4v) is 5.64. The molecular formula is C21H25F2NO2S. The summed E-state index contributed by atoms with van der Waals surface area (Å²) in [4.78, 5) is 4.20. The first-order chi connectivity index (χ1) is 13.1. The number of hydrogen-bond acceptors (Lipinski definition) is 4. The third-order valence-corrected chi connectivity index (χ3v) is 7.04. The van der Waals surface area contributed by atoms with E-state index in [1.54, 1.807) is 0 Å². The number of thiophene rings is 1. The number of likely N-dealkylation sites (tertiary alicyclic amines) is 1. The topological polar surface area (TPSA) is 32.7 Å². The molecule has 146 valence electrons. The fraction of sp³-hybridized carbons (Fsp3) is 0.524. The molecule has 0 bridgehead atoms. The van der Waals surface area contributed by atoms with Crippen LogP contribution in [0.3, 0.4) is 0 Å². The number of aliphatic hydroxyl groups excluding tert-OH is 1. The highest BCUT2D eigenvalue weighted by Crippen LogP contribution is 2.45. The molecule has 3 nitrogen and oxygen atoms in total. The van der Waals surface area contributed by atoms with Crippen molar-refractivity contribution < 1.29 is 18.6 Å². The van der Waals surface area contributed by atoms with Crippen molar-refractivity contribution in [2.24, 2.45) is 0 Å². The summed E-state index contributed by atoms with van der Waals surface area (Å²) < 4.78 is 31.8. The Kier molecular flexibility index (Phi) is 5.60. The fourth-order valence-electron chi connectivity index (χ4n) is 4.23. The van der Waals surface area contributed by atoms with Gasteiger partial charge in [0.25, 0.3) is 0 Å². The lowest BCUT2D eigenvalue weighted by Gasteiger charge is -2.44. The number of hydrogen-bond donors (Lipinski definition) is 1. The molecule has 27 heavy (non-hydrogen) atoms. The number of ether oxygens (including phenoxy) is 1. The standard InChI is InChI=1S/C21H25F2NO2S/c22-19(23)13-17-12-16-6-11-26-21(20(16)27-17)7-9-24(10-8-21)14-18(25)15-4-2-1-3-5-15/h1-5,12,18-19,25H,6-11,13-14H2. The van der Waals surface area contributed by atoms with E-state index >= 15 is 0 Å². The SMILES string of the molecule is OC(CN1CCC2(CC1)OCCc1cc(CC(F)F)sc12)c1ccccc1. The molecule has 1 unspecified atom stereocenters. The number of piperidine rings is 1. The molecule has 2 aromatic rings. The van der Waals surface area contributed by atoms with E-state index in [0.29, 0.717) is 13.2 Å². The van der Waals surface area contributed by atoms with Gasteiger partial charge in [0.15, 0.2) is 0 Å². The van der Waals surface area contributed by atoms with Crippen molar-refractivity contribution in [3.8, 4) is 0 Å². The maximum absolute atomic E-state index is 12.8. The number of halogens is 2. The van der Waals surface area contributed by atoms with E-state index in [-0.39, 0.29) is 12.0 Å². The van der Waals surface area contributed by atoms with Gasteiger partial charge in [0.05, 0.1) is 12.7 Å². The molecule has 1 aromatic carbocycles. The van der Waals surface area contributed by atoms with Crippen molar-refractivity contribution in [1.29, 1.82) is 0 Å². The summed E-state index contributed by atoms with van der Waals surface area (Å²) in [6, 6.07) is 11.7. The van der Waals surface area contributed by atoms with Crippen LogP contribution in [0.15, 0.2) is 36.4 Å². The Labute approximate surface area is 162 Å². The lowest BCUT2D eigenvalue weighted by molar-refractivity contribution is -0.0982. The molecule has 1 fully saturated rings. The molecular weight excluding hydrogens is 368 g/mol. The van der Waals surface area contributed by atoms with Gasteiger partial charge >= 0.3 is 0 Å². The molecule has 4 rings (SSSR count). The molecule has 2 aliphatic heterocycles. The summed E-state index contributed by atoms with van der Waals surface area (Å²) >= 11 is 1.51. The summed E-state index contributed by atoms with van der Waals surface area (Å²) in [6.07, 6.45) is -0.464. The van der Waals surface area contributed by atoms with Gasteiger partial charge in [-0.1, -0.05) is 30.3 Å². The number of nitrogens with zero attached hydrogens (tertiary/aromatic N) is 1. The Balaban J connectivity index is 1.42. The molecule has 1 N–H and O–H groups in total. The molecule has 1 saturated heterocycles. The quantitative estimate of drug-likeness (QED) is 0.828. The molecule has 0 radical (unpaired) electrons. The monoisotopic (exact) mass is 393 g/mol. The average molecular weight is 393 g/mol. The van der Waals surface area contributed by atoms with Gasteiger partial charge in [-0.15, -0.1) is 11.3 Å². The first kappa shape index (κ1) is 19.0. The Morgan fingerprint density at radius 2 is 1.93 bits per heavy atom. The van der Waals surface area contributed by atoms with Crippen LogP contribution in [-0.2, 0) is 23.2 Å². The molecule has 0 amide bonds. The number of fused-ring (bicyclic) bond motifs is 2. The number of aliphatic hydroxyl groups is 1. The molecule has 1 atom stereocenters. The summed E-state index contributed by atoms with van der Waals surface area (Å²) in [6.45, 7) is 2.94. The van der Waals surface area contributed by atoms with Gasteiger partial charge in [0.2, 0.25) is 6.43 Å². The smallest absolute Gasteiger partial charge is 0.243 e. The van der Waals surface area contributed by atoms with E-state index in [1.807, 2.05) is 36.4 Å². The second-order valence-electron chi connectivity index (χ2n) is 7.48. The van der Waals surface area contributed by atoms with Gasteiger partial charge in [-0.05, 0) is 36.5 Å². The van der Waals surface area contributed by atoms with Crippen LogP contribution in [0, 0.1) is 0 Å². The maximum atomic E-state index is 12.8. The zero-order valence-electron chi connectivity index (χ0n) is 15.2. The maximum Gasteiger partial charge on any atom is 0.243 e. The van der Waals surface area contributed by atoms with Crippen molar-refractivity contribution in [3.05, 3.63) is 57.3 Å². The number of alkyl halides is 2. The minimum Gasteiger partial charge on any atom is -0.387 e. The predicted octanol–water partition coefficient (Wildman–Crippen LogP) is 4.15. The van der Waals surface area contributed by atoms with E-state index in [2.05, 4.69) is 4.90 Å². The number of rotatable bonds is 5. The number of benzene rings is 1. The van der Waals surface area contributed by atoms with E-state index in [1.165, 1.54) is 16.9 Å². The van der Waals surface area contributed by atoms with Crippen molar-refractivity contribution in [1.82, 2.24) is 4.90 Å². The second kappa shape index (κ2) is 7.95. The van der Waals surface area contributed by atoms with Crippen LogP contribution in [0.5, 0.6) is 0 Å². The molecule has 1 spiro atoms. The molecule has 2 aliphatic rings. The third kappa shape index (κ3) is 4.09. The first-order valence-electron chi connectivity index (χ1n) is 9.55. The average Bonchev–Trinajstić information content (AvgIpc) is 3.08. The predicted molar refractivity (Wildman–Crippen MR) is 102 cm³/mol. The van der Waals surface area contributed by atoms with E-state index < -0.39 is 12.5 Å². The van der Waals surface area contributed by atoms with Crippen LogP contribution >= 0.6 is 11.3 Å². The highest BCUT2D eigenvalue weighted by molar-refractivity contribution is 7.12. The molecule has 0 saturated carbocycles. The summed E-state index contributed by atoms with van der Waals surface area (Å²) in [5.41, 5.74) is 1.80. The van der Waals surface area contributed by atoms with E-state index in [0.717, 1.165) is 47.7 Å². The number of β-amino-alcohol motifs (C(OH)–C–C–N with tert-alkyl or cyclic N) is 1. The molecule has 1 aromatic heterocycles. The van der Waals surface area contributed by atoms with Crippen LogP contribution in [-0.4, -0.2) is 42.7 Å². The minimum absolute atomic E-state index is 0.164. The van der Waals surface area contributed by atoms with Crippen molar-refractivity contribution in [2.75, 3.05) is 26.2 Å². The minimum atomic E-state index is -2.30. The van der Waals surface area contributed by atoms with Crippen LogP contribution in [0.1, 0.15) is 39.8 Å². The first-order valence-corrected chi connectivity index (χ1v) is 10.4. The van der Waals surface area contributed by atoms with Gasteiger partial charge in [0, 0.05) is 35.8 Å². The zero-order valence-corrected chi connectivity index (χ0v) is 16.1. The Morgan fingerprint density at radius 3 is 2.63 bits per heavy atom. The van der Waals surface area contributed by atoms with Gasteiger partial charge in [-0.2, -0.15) is 0 Å². The van der Waals surface area contributed by atoms with Crippen LogP contribution in [0.2, 0.25) is 0 Å². The van der Waals surface area contributed by atoms with Crippen LogP contribution in [0.25, 0.3) is 0 Å². The highest BCUT2D eigenvalue weighted by Gasteiger charge is 2.42. The largest absolute Gasteiger partial charge is 0.387 e. The lowest BCUT2D eigenvalue weighted by Crippen LogP contribution is -2.46. The van der Waals surface area contributed by atoms with Gasteiger partial charge in [-0.25, -0.2) is 8.78 Å². The van der Waals surface area contributed by atoms with E-state index in [9.17, 15) is 13.9 Å². The van der Waals surface area contributed by atoms with Gasteiger partial charge in [-0.3, -0.25) is 0 Å². The van der Waals surface area contributed by atoms with Crippen LogP contribution in [0.4, 0.5) is 8.78 Å². The Hall–Kier alpha value is -1.34.